The topological polar surface area (TPSA) is 21.3 Å². The van der Waals surface area contributed by atoms with E-state index in [0.717, 1.165) is 31.6 Å². The summed E-state index contributed by atoms with van der Waals surface area (Å²) < 4.78 is 5.76. The van der Waals surface area contributed by atoms with Crippen LogP contribution in [0.3, 0.4) is 0 Å². The predicted molar refractivity (Wildman–Crippen MR) is 79.0 cm³/mol. The lowest BCUT2D eigenvalue weighted by Gasteiger charge is -2.10. The minimum absolute atomic E-state index is 0.772. The molecule has 0 atom stereocenters. The Morgan fingerprint density at radius 1 is 1.06 bits per heavy atom. The molecule has 0 radical (unpaired) electrons. The summed E-state index contributed by atoms with van der Waals surface area (Å²) in [6.07, 6.45) is 10.9. The lowest BCUT2D eigenvalue weighted by molar-refractivity contribution is 0.0979. The molecule has 1 aliphatic rings. The van der Waals surface area contributed by atoms with Crippen molar-refractivity contribution in [1.82, 2.24) is 5.32 Å². The molecule has 0 unspecified atom stereocenters. The normalized spacial score (nSPS) is 16.8. The third-order valence-electron chi connectivity index (χ3n) is 3.77. The molecule has 0 bridgehead atoms. The van der Waals surface area contributed by atoms with E-state index in [4.69, 9.17) is 4.74 Å². The summed E-state index contributed by atoms with van der Waals surface area (Å²) in [5.74, 6) is 1.65. The van der Waals surface area contributed by atoms with Crippen LogP contribution in [0.15, 0.2) is 0 Å². The molecule has 1 fully saturated rings. The number of unbranched alkanes of at least 4 members (excludes halogenated alkanes) is 3. The van der Waals surface area contributed by atoms with Crippen molar-refractivity contribution in [3.8, 4) is 0 Å². The van der Waals surface area contributed by atoms with E-state index in [9.17, 15) is 0 Å². The molecule has 1 N–H and O–H groups in total. The number of hydrogen-bond donors (Lipinski definition) is 1. The lowest BCUT2D eigenvalue weighted by atomic mass is 10.1. The Morgan fingerprint density at radius 3 is 2.50 bits per heavy atom. The average Bonchev–Trinajstić information content (AvgIpc) is 2.84. The molecule has 0 amide bonds. The molecule has 2 heteroatoms. The Kier molecular flexibility index (Phi) is 9.59. The molecule has 1 aliphatic carbocycles. The minimum Gasteiger partial charge on any atom is -0.381 e. The van der Waals surface area contributed by atoms with Gasteiger partial charge in [-0.05, 0) is 50.6 Å². The summed E-state index contributed by atoms with van der Waals surface area (Å²) in [5, 5.41) is 3.49. The summed E-state index contributed by atoms with van der Waals surface area (Å²) in [6.45, 7) is 8.86. The Morgan fingerprint density at radius 2 is 1.78 bits per heavy atom. The lowest BCUT2D eigenvalue weighted by Crippen LogP contribution is -2.20. The van der Waals surface area contributed by atoms with Crippen LogP contribution < -0.4 is 5.32 Å². The molecule has 1 rings (SSSR count). The van der Waals surface area contributed by atoms with Gasteiger partial charge in [0.25, 0.3) is 0 Å². The number of rotatable bonds is 11. The minimum atomic E-state index is 0.772. The van der Waals surface area contributed by atoms with Gasteiger partial charge in [-0.1, -0.05) is 39.5 Å². The molecule has 0 aliphatic heterocycles. The zero-order valence-electron chi connectivity index (χ0n) is 12.5. The van der Waals surface area contributed by atoms with E-state index in [1.165, 1.54) is 57.9 Å². The highest BCUT2D eigenvalue weighted by Crippen LogP contribution is 2.24. The van der Waals surface area contributed by atoms with Crippen LogP contribution in [0, 0.1) is 11.8 Å². The van der Waals surface area contributed by atoms with Crippen LogP contribution in [0.2, 0.25) is 0 Å². The van der Waals surface area contributed by atoms with Gasteiger partial charge >= 0.3 is 0 Å². The summed E-state index contributed by atoms with van der Waals surface area (Å²) in [6, 6.07) is 0. The fraction of sp³-hybridized carbons (Fsp3) is 1.00. The van der Waals surface area contributed by atoms with Gasteiger partial charge in [0.15, 0.2) is 0 Å². The van der Waals surface area contributed by atoms with Gasteiger partial charge in [0.05, 0.1) is 0 Å². The third kappa shape index (κ3) is 8.93. The second-order valence-corrected chi connectivity index (χ2v) is 6.24. The fourth-order valence-electron chi connectivity index (χ4n) is 2.63. The molecule has 1 saturated carbocycles. The Hall–Kier alpha value is -0.0800. The smallest absolute Gasteiger partial charge is 0.0494 e. The largest absolute Gasteiger partial charge is 0.381 e. The van der Waals surface area contributed by atoms with E-state index < -0.39 is 0 Å². The van der Waals surface area contributed by atoms with Crippen molar-refractivity contribution in [3.63, 3.8) is 0 Å². The van der Waals surface area contributed by atoms with Crippen molar-refractivity contribution in [2.75, 3.05) is 26.3 Å². The van der Waals surface area contributed by atoms with E-state index in [2.05, 4.69) is 19.2 Å². The summed E-state index contributed by atoms with van der Waals surface area (Å²) in [7, 11) is 0. The monoisotopic (exact) mass is 255 g/mol. The molecular weight excluding hydrogens is 222 g/mol. The highest BCUT2D eigenvalue weighted by atomic mass is 16.5. The Bertz CT molecular complexity index is 176. The van der Waals surface area contributed by atoms with Crippen molar-refractivity contribution >= 4 is 0 Å². The molecule has 0 aromatic rings. The van der Waals surface area contributed by atoms with E-state index >= 15 is 0 Å². The maximum atomic E-state index is 5.76. The van der Waals surface area contributed by atoms with Gasteiger partial charge in [-0.2, -0.15) is 0 Å². The third-order valence-corrected chi connectivity index (χ3v) is 3.77. The van der Waals surface area contributed by atoms with Crippen LogP contribution in [0.1, 0.15) is 65.2 Å². The molecule has 108 valence electrons. The van der Waals surface area contributed by atoms with Crippen LogP contribution in [0.5, 0.6) is 0 Å². The van der Waals surface area contributed by atoms with Crippen molar-refractivity contribution in [2.45, 2.75) is 65.2 Å². The molecule has 2 nitrogen and oxygen atoms in total. The Labute approximate surface area is 114 Å². The Balaban J connectivity index is 1.70. The molecule has 0 spiro atoms. The van der Waals surface area contributed by atoms with Gasteiger partial charge in [0.2, 0.25) is 0 Å². The van der Waals surface area contributed by atoms with Gasteiger partial charge in [-0.3, -0.25) is 0 Å². The van der Waals surface area contributed by atoms with Crippen molar-refractivity contribution in [1.29, 1.82) is 0 Å². The van der Waals surface area contributed by atoms with Crippen LogP contribution in [-0.4, -0.2) is 26.3 Å². The maximum Gasteiger partial charge on any atom is 0.0494 e. The number of ether oxygens (including phenoxy) is 1. The van der Waals surface area contributed by atoms with Gasteiger partial charge in [0, 0.05) is 13.2 Å². The molecule has 0 aromatic carbocycles. The number of hydrogen-bond acceptors (Lipinski definition) is 2. The van der Waals surface area contributed by atoms with E-state index in [1.807, 2.05) is 0 Å². The van der Waals surface area contributed by atoms with Gasteiger partial charge in [-0.25, -0.2) is 0 Å². The van der Waals surface area contributed by atoms with E-state index in [0.29, 0.717) is 0 Å². The second kappa shape index (κ2) is 10.8. The first-order chi connectivity index (χ1) is 8.79. The summed E-state index contributed by atoms with van der Waals surface area (Å²) in [4.78, 5) is 0. The molecule has 0 heterocycles. The second-order valence-electron chi connectivity index (χ2n) is 6.24. The van der Waals surface area contributed by atoms with E-state index in [-0.39, 0.29) is 0 Å². The van der Waals surface area contributed by atoms with Crippen molar-refractivity contribution in [3.05, 3.63) is 0 Å². The molecule has 0 aromatic heterocycles. The quantitative estimate of drug-likeness (QED) is 0.563. The SMILES string of the molecule is CC(C)CNCCCCCCOCC1CCCC1. The van der Waals surface area contributed by atoms with Crippen molar-refractivity contribution in [2.24, 2.45) is 11.8 Å². The zero-order valence-corrected chi connectivity index (χ0v) is 12.5. The first kappa shape index (κ1) is 16.0. The summed E-state index contributed by atoms with van der Waals surface area (Å²) in [5.41, 5.74) is 0. The number of nitrogens with one attached hydrogen (secondary N) is 1. The van der Waals surface area contributed by atoms with Gasteiger partial charge < -0.3 is 10.1 Å². The molecular formula is C16H33NO. The van der Waals surface area contributed by atoms with Crippen LogP contribution >= 0.6 is 0 Å². The fourth-order valence-corrected chi connectivity index (χ4v) is 2.63. The zero-order chi connectivity index (χ0) is 13.1. The highest BCUT2D eigenvalue weighted by molar-refractivity contribution is 4.66. The van der Waals surface area contributed by atoms with E-state index in [1.54, 1.807) is 0 Å². The van der Waals surface area contributed by atoms with Crippen molar-refractivity contribution < 1.29 is 4.74 Å². The average molecular weight is 255 g/mol. The first-order valence-corrected chi connectivity index (χ1v) is 8.07. The van der Waals surface area contributed by atoms with Gasteiger partial charge in [0.1, 0.15) is 0 Å². The highest BCUT2D eigenvalue weighted by Gasteiger charge is 2.14. The molecule has 18 heavy (non-hydrogen) atoms. The summed E-state index contributed by atoms with van der Waals surface area (Å²) >= 11 is 0. The van der Waals surface area contributed by atoms with Crippen LogP contribution in [0.4, 0.5) is 0 Å². The maximum absolute atomic E-state index is 5.76. The predicted octanol–water partition coefficient (Wildman–Crippen LogP) is 4.00. The molecule has 0 saturated heterocycles. The van der Waals surface area contributed by atoms with Gasteiger partial charge in [-0.15, -0.1) is 0 Å². The first-order valence-electron chi connectivity index (χ1n) is 8.07. The van der Waals surface area contributed by atoms with Crippen LogP contribution in [0.25, 0.3) is 0 Å². The van der Waals surface area contributed by atoms with Crippen LogP contribution in [-0.2, 0) is 4.74 Å². The standard InChI is InChI=1S/C16H33NO/c1-15(2)13-17-11-7-3-4-8-12-18-14-16-9-5-6-10-16/h15-17H,3-14H2,1-2H3.